The molecule has 0 fully saturated rings. The van der Waals surface area contributed by atoms with E-state index in [9.17, 15) is 0 Å². The fraction of sp³-hybridized carbons (Fsp3) is 0.375. The highest BCUT2D eigenvalue weighted by Gasteiger charge is 2.17. The van der Waals surface area contributed by atoms with Crippen LogP contribution in [0, 0.1) is 16.7 Å². The highest BCUT2D eigenvalue weighted by atomic mass is 16.5. The number of para-hydroxylation sites is 1. The van der Waals surface area contributed by atoms with Gasteiger partial charge in [-0.3, -0.25) is 0 Å². The fourth-order valence-electron chi connectivity index (χ4n) is 3.42. The van der Waals surface area contributed by atoms with Crippen LogP contribution in [0.25, 0.3) is 10.9 Å². The Morgan fingerprint density at radius 3 is 2.56 bits per heavy atom. The molecule has 0 radical (unpaired) electrons. The van der Waals surface area contributed by atoms with E-state index < -0.39 is 0 Å². The number of aryl methyl sites for hydroxylation is 1. The van der Waals surface area contributed by atoms with Crippen LogP contribution in [0.4, 0.5) is 0 Å². The average molecular weight is 361 g/mol. The van der Waals surface area contributed by atoms with Crippen LogP contribution in [0.1, 0.15) is 38.7 Å². The first-order chi connectivity index (χ1) is 13.1. The summed E-state index contributed by atoms with van der Waals surface area (Å²) in [5, 5.41) is 10.0. The van der Waals surface area contributed by atoms with Gasteiger partial charge in [-0.25, -0.2) is 0 Å². The maximum absolute atomic E-state index is 8.71. The standard InChI is InChI=1S/C24H28N2O/c1-24(2,15-18-26-17-13-21-6-3-4-7-23(21)26)14-5-19-27-22-10-8-20(9-11-22)12-16-25/h3-4,6-11,13,17H,5,12,14-15,18-19H2,1-2H3. The number of hydrogen-bond acceptors (Lipinski definition) is 2. The second kappa shape index (κ2) is 8.77. The van der Waals surface area contributed by atoms with Crippen molar-refractivity contribution < 1.29 is 4.74 Å². The van der Waals surface area contributed by atoms with Gasteiger partial charge in [0.1, 0.15) is 5.75 Å². The third-order valence-corrected chi connectivity index (χ3v) is 5.18. The average Bonchev–Trinajstić information content (AvgIpc) is 3.09. The summed E-state index contributed by atoms with van der Waals surface area (Å²) in [5.41, 5.74) is 2.63. The Morgan fingerprint density at radius 2 is 1.78 bits per heavy atom. The van der Waals surface area contributed by atoms with Gasteiger partial charge in [-0.15, -0.1) is 0 Å². The van der Waals surface area contributed by atoms with E-state index in [2.05, 4.69) is 61.0 Å². The Kier molecular flexibility index (Phi) is 6.19. The van der Waals surface area contributed by atoms with E-state index in [0.29, 0.717) is 6.42 Å². The van der Waals surface area contributed by atoms with Crippen LogP contribution < -0.4 is 4.74 Å². The van der Waals surface area contributed by atoms with Gasteiger partial charge in [0.2, 0.25) is 0 Å². The van der Waals surface area contributed by atoms with Crippen LogP contribution in [0.2, 0.25) is 0 Å². The van der Waals surface area contributed by atoms with Gasteiger partial charge in [-0.2, -0.15) is 5.26 Å². The summed E-state index contributed by atoms with van der Waals surface area (Å²) in [4.78, 5) is 0. The number of aromatic nitrogens is 1. The zero-order valence-corrected chi connectivity index (χ0v) is 16.3. The summed E-state index contributed by atoms with van der Waals surface area (Å²) in [6.45, 7) is 6.46. The molecule has 140 valence electrons. The molecule has 0 bridgehead atoms. The number of nitriles is 1. The van der Waals surface area contributed by atoms with Gasteiger partial charge >= 0.3 is 0 Å². The number of ether oxygens (including phenoxy) is 1. The number of fused-ring (bicyclic) bond motifs is 1. The quantitative estimate of drug-likeness (QED) is 0.440. The van der Waals surface area contributed by atoms with Gasteiger partial charge in [0.15, 0.2) is 0 Å². The molecule has 0 unspecified atom stereocenters. The molecule has 0 atom stereocenters. The van der Waals surface area contributed by atoms with Crippen LogP contribution in [0.3, 0.4) is 0 Å². The minimum Gasteiger partial charge on any atom is -0.494 e. The summed E-state index contributed by atoms with van der Waals surface area (Å²) in [6, 6.07) is 20.7. The maximum atomic E-state index is 8.71. The summed E-state index contributed by atoms with van der Waals surface area (Å²) in [6.07, 6.45) is 5.97. The molecule has 3 aromatic rings. The largest absolute Gasteiger partial charge is 0.494 e. The number of hydrogen-bond donors (Lipinski definition) is 0. The van der Waals surface area contributed by atoms with Crippen molar-refractivity contribution in [2.24, 2.45) is 5.41 Å². The number of benzene rings is 2. The van der Waals surface area contributed by atoms with E-state index in [1.807, 2.05) is 24.3 Å². The lowest BCUT2D eigenvalue weighted by atomic mass is 9.84. The highest BCUT2D eigenvalue weighted by Crippen LogP contribution is 2.28. The van der Waals surface area contributed by atoms with Crippen molar-refractivity contribution in [3.05, 3.63) is 66.4 Å². The Balaban J connectivity index is 1.42. The predicted octanol–water partition coefficient (Wildman–Crippen LogP) is 5.98. The molecule has 1 aromatic heterocycles. The molecule has 3 rings (SSSR count). The van der Waals surface area contributed by atoms with Crippen LogP contribution in [0.5, 0.6) is 5.75 Å². The lowest BCUT2D eigenvalue weighted by Gasteiger charge is -2.25. The molecule has 27 heavy (non-hydrogen) atoms. The molecule has 3 heteroatoms. The smallest absolute Gasteiger partial charge is 0.119 e. The normalized spacial score (nSPS) is 11.4. The summed E-state index contributed by atoms with van der Waals surface area (Å²) in [5.74, 6) is 0.883. The molecule has 0 N–H and O–H groups in total. The van der Waals surface area contributed by atoms with Crippen LogP contribution in [0.15, 0.2) is 60.8 Å². The summed E-state index contributed by atoms with van der Waals surface area (Å²) in [7, 11) is 0. The SMILES string of the molecule is CC(C)(CCCOc1ccc(CC#N)cc1)CCn1ccc2ccccc21. The first kappa shape index (κ1) is 19.0. The summed E-state index contributed by atoms with van der Waals surface area (Å²) < 4.78 is 8.21. The van der Waals surface area contributed by atoms with E-state index in [-0.39, 0.29) is 5.41 Å². The third-order valence-electron chi connectivity index (χ3n) is 5.18. The van der Waals surface area contributed by atoms with Crippen molar-refractivity contribution in [1.29, 1.82) is 5.26 Å². The molecular formula is C24H28N2O. The Hall–Kier alpha value is -2.73. The summed E-state index contributed by atoms with van der Waals surface area (Å²) >= 11 is 0. The van der Waals surface area contributed by atoms with E-state index in [4.69, 9.17) is 10.00 Å². The Morgan fingerprint density at radius 1 is 1.00 bits per heavy atom. The van der Waals surface area contributed by atoms with Crippen LogP contribution in [-0.2, 0) is 13.0 Å². The molecule has 0 aliphatic rings. The van der Waals surface area contributed by atoms with Crippen LogP contribution >= 0.6 is 0 Å². The fourth-order valence-corrected chi connectivity index (χ4v) is 3.42. The monoisotopic (exact) mass is 360 g/mol. The molecule has 1 heterocycles. The molecule has 0 aliphatic heterocycles. The molecule has 3 nitrogen and oxygen atoms in total. The first-order valence-corrected chi connectivity index (χ1v) is 9.70. The van der Waals surface area contributed by atoms with E-state index >= 15 is 0 Å². The minimum absolute atomic E-state index is 0.283. The molecule has 0 spiro atoms. The molecule has 0 saturated heterocycles. The van der Waals surface area contributed by atoms with Crippen molar-refractivity contribution in [2.75, 3.05) is 6.61 Å². The van der Waals surface area contributed by atoms with Crippen molar-refractivity contribution in [1.82, 2.24) is 4.57 Å². The van der Waals surface area contributed by atoms with E-state index in [1.54, 1.807) is 0 Å². The molecule has 0 saturated carbocycles. The molecule has 2 aromatic carbocycles. The third kappa shape index (κ3) is 5.37. The molecule has 0 aliphatic carbocycles. The second-order valence-corrected chi connectivity index (χ2v) is 7.91. The first-order valence-electron chi connectivity index (χ1n) is 9.70. The number of nitrogens with zero attached hydrogens (tertiary/aromatic N) is 2. The topological polar surface area (TPSA) is 37.9 Å². The second-order valence-electron chi connectivity index (χ2n) is 7.91. The Labute approximate surface area is 162 Å². The van der Waals surface area contributed by atoms with Gasteiger partial charge in [-0.05, 0) is 59.9 Å². The lowest BCUT2D eigenvalue weighted by molar-refractivity contribution is 0.238. The zero-order chi connectivity index (χ0) is 19.1. The van der Waals surface area contributed by atoms with Gasteiger partial charge in [0, 0.05) is 18.3 Å². The van der Waals surface area contributed by atoms with Crippen molar-refractivity contribution >= 4 is 10.9 Å². The van der Waals surface area contributed by atoms with Crippen molar-refractivity contribution in [3.63, 3.8) is 0 Å². The van der Waals surface area contributed by atoms with Crippen molar-refractivity contribution in [3.8, 4) is 11.8 Å². The lowest BCUT2D eigenvalue weighted by Crippen LogP contribution is -2.16. The van der Waals surface area contributed by atoms with Gasteiger partial charge in [-0.1, -0.05) is 44.2 Å². The number of rotatable bonds is 9. The van der Waals surface area contributed by atoms with Crippen molar-refractivity contribution in [2.45, 2.75) is 46.1 Å². The highest BCUT2D eigenvalue weighted by molar-refractivity contribution is 5.79. The molecular weight excluding hydrogens is 332 g/mol. The Bertz CT molecular complexity index is 900. The zero-order valence-electron chi connectivity index (χ0n) is 16.3. The maximum Gasteiger partial charge on any atom is 0.119 e. The minimum atomic E-state index is 0.283. The van der Waals surface area contributed by atoms with Crippen LogP contribution in [-0.4, -0.2) is 11.2 Å². The van der Waals surface area contributed by atoms with Gasteiger partial charge < -0.3 is 9.30 Å². The van der Waals surface area contributed by atoms with Gasteiger partial charge in [0.25, 0.3) is 0 Å². The predicted molar refractivity (Wildman–Crippen MR) is 111 cm³/mol. The van der Waals surface area contributed by atoms with E-state index in [1.165, 1.54) is 10.9 Å². The van der Waals surface area contributed by atoms with E-state index in [0.717, 1.165) is 43.7 Å². The molecule has 0 amide bonds. The van der Waals surface area contributed by atoms with Gasteiger partial charge in [0.05, 0.1) is 19.1 Å².